The molecule has 3 rings (SSSR count). The fraction of sp³-hybridized carbons (Fsp3) is 0.130. The number of halogens is 4. The number of fused-ring (bicyclic) bond motifs is 1. The van der Waals surface area contributed by atoms with Crippen LogP contribution in [0, 0.1) is 11.6 Å². The van der Waals surface area contributed by atoms with Crippen molar-refractivity contribution in [1.82, 2.24) is 10.3 Å². The summed E-state index contributed by atoms with van der Waals surface area (Å²) in [6.45, 7) is 8.38. The van der Waals surface area contributed by atoms with Crippen molar-refractivity contribution in [2.75, 3.05) is 7.05 Å². The maximum atomic E-state index is 14.3. The number of benzene rings is 2. The van der Waals surface area contributed by atoms with Crippen LogP contribution in [-0.2, 0) is 11.4 Å². The molecule has 6 nitrogen and oxygen atoms in total. The number of thiazole rings is 1. The molecule has 0 unspecified atom stereocenters. The quantitative estimate of drug-likeness (QED) is 0.133. The first-order valence-corrected chi connectivity index (χ1v) is 11.1. The Bertz CT molecular complexity index is 1290. The Balaban J connectivity index is 0.000000347. The molecule has 34 heavy (non-hydrogen) atoms. The van der Waals surface area contributed by atoms with E-state index in [1.54, 1.807) is 19.1 Å². The van der Waals surface area contributed by atoms with Crippen LogP contribution >= 0.6 is 34.5 Å². The zero-order chi connectivity index (χ0) is 25.4. The number of rotatable bonds is 7. The lowest BCUT2D eigenvalue weighted by Crippen LogP contribution is -2.21. The van der Waals surface area contributed by atoms with Crippen LogP contribution in [-0.4, -0.2) is 30.9 Å². The molecule has 0 aliphatic heterocycles. The lowest BCUT2D eigenvalue weighted by Gasteiger charge is -2.09. The molecule has 0 radical (unpaired) electrons. The zero-order valence-corrected chi connectivity index (χ0v) is 20.5. The minimum absolute atomic E-state index is 0.00724. The van der Waals surface area contributed by atoms with Crippen LogP contribution < -0.4 is 10.1 Å². The fourth-order valence-electron chi connectivity index (χ4n) is 2.54. The van der Waals surface area contributed by atoms with Crippen molar-refractivity contribution in [3.8, 4) is 5.75 Å². The van der Waals surface area contributed by atoms with E-state index in [1.807, 2.05) is 6.07 Å². The smallest absolute Gasteiger partial charge is 0.257 e. The van der Waals surface area contributed by atoms with Crippen molar-refractivity contribution in [3.63, 3.8) is 0 Å². The predicted octanol–water partition coefficient (Wildman–Crippen LogP) is 6.08. The van der Waals surface area contributed by atoms with Crippen LogP contribution in [0.2, 0.25) is 5.02 Å². The SMILES string of the molecule is C=N/C(Cl)=C(/C=O)C(=C)C.CNC(=O)c1c(F)ccc(OCc2nc3cc(Cl)ccc3s2)c1F. The van der Waals surface area contributed by atoms with Gasteiger partial charge >= 0.3 is 0 Å². The Morgan fingerprint density at radius 1 is 1.32 bits per heavy atom. The highest BCUT2D eigenvalue weighted by Gasteiger charge is 2.20. The standard InChI is InChI=1S/C16H11ClF2N2O2S.C7H8ClNO/c1-20-16(22)14-9(18)3-4-11(15(14)19)23-7-13-21-10-6-8(17)2-5-12(10)24-13;1-5(2)6(4-10)7(8)9-3/h2-6H,7H2,1H3,(H,20,22);4H,1,3H2,2H3/b;7-6-. The van der Waals surface area contributed by atoms with Gasteiger partial charge in [-0.3, -0.25) is 14.6 Å². The molecule has 0 bridgehead atoms. The number of aldehydes is 1. The number of carbonyl (C=O) groups excluding carboxylic acids is 2. The van der Waals surface area contributed by atoms with E-state index in [9.17, 15) is 18.4 Å². The molecular weight excluding hydrogens is 507 g/mol. The van der Waals surface area contributed by atoms with Gasteiger partial charge in [0.2, 0.25) is 0 Å². The van der Waals surface area contributed by atoms with Crippen LogP contribution in [0.5, 0.6) is 5.75 Å². The van der Waals surface area contributed by atoms with Crippen LogP contribution in [0.3, 0.4) is 0 Å². The van der Waals surface area contributed by atoms with Gasteiger partial charge in [-0.2, -0.15) is 0 Å². The van der Waals surface area contributed by atoms with E-state index >= 15 is 0 Å². The number of amides is 1. The van der Waals surface area contributed by atoms with E-state index in [4.69, 9.17) is 27.9 Å². The summed E-state index contributed by atoms with van der Waals surface area (Å²) in [5.74, 6) is -3.07. The highest BCUT2D eigenvalue weighted by atomic mass is 35.5. The monoisotopic (exact) mass is 525 g/mol. The maximum absolute atomic E-state index is 14.3. The largest absolute Gasteiger partial charge is 0.483 e. The Kier molecular flexibility index (Phi) is 9.85. The van der Waals surface area contributed by atoms with Gasteiger partial charge in [-0.05, 0) is 49.5 Å². The van der Waals surface area contributed by atoms with Crippen LogP contribution in [0.15, 0.2) is 58.2 Å². The Labute approximate surface area is 208 Å². The summed E-state index contributed by atoms with van der Waals surface area (Å²) in [5, 5.41) is 3.47. The van der Waals surface area contributed by atoms with Crippen molar-refractivity contribution in [3.05, 3.63) is 80.4 Å². The molecule has 2 aromatic carbocycles. The lowest BCUT2D eigenvalue weighted by atomic mass is 10.1. The molecule has 3 aromatic rings. The molecular formula is C23H19Cl2F2N3O3S. The third-order valence-corrected chi connectivity index (χ3v) is 5.76. The van der Waals surface area contributed by atoms with Crippen molar-refractivity contribution in [1.29, 1.82) is 0 Å². The number of aromatic nitrogens is 1. The van der Waals surface area contributed by atoms with Gasteiger partial charge in [-0.15, -0.1) is 11.3 Å². The molecule has 1 amide bonds. The molecule has 0 atom stereocenters. The zero-order valence-electron chi connectivity index (χ0n) is 18.1. The summed E-state index contributed by atoms with van der Waals surface area (Å²) in [6.07, 6.45) is 0.610. The number of allylic oxidation sites excluding steroid dienone is 2. The molecule has 1 aromatic heterocycles. The lowest BCUT2D eigenvalue weighted by molar-refractivity contribution is -0.104. The molecule has 1 heterocycles. The second kappa shape index (κ2) is 12.4. The van der Waals surface area contributed by atoms with Crippen molar-refractivity contribution in [2.45, 2.75) is 13.5 Å². The fourth-order valence-corrected chi connectivity index (χ4v) is 3.77. The number of nitrogens with zero attached hydrogens (tertiary/aromatic N) is 2. The third-order valence-electron chi connectivity index (χ3n) is 4.19. The molecule has 11 heteroatoms. The Morgan fingerprint density at radius 3 is 2.59 bits per heavy atom. The normalized spacial score (nSPS) is 11.1. The van der Waals surface area contributed by atoms with Gasteiger partial charge in [-0.25, -0.2) is 13.8 Å². The molecule has 0 fully saturated rings. The van der Waals surface area contributed by atoms with Crippen molar-refractivity contribution in [2.24, 2.45) is 4.99 Å². The molecule has 178 valence electrons. The van der Waals surface area contributed by atoms with E-state index in [1.165, 1.54) is 18.4 Å². The molecule has 1 N–H and O–H groups in total. The topological polar surface area (TPSA) is 80.7 Å². The third kappa shape index (κ3) is 6.69. The van der Waals surface area contributed by atoms with Gasteiger partial charge in [0.05, 0.1) is 15.8 Å². The van der Waals surface area contributed by atoms with Crippen LogP contribution in [0.1, 0.15) is 22.3 Å². The number of hydrogen-bond acceptors (Lipinski definition) is 6. The summed E-state index contributed by atoms with van der Waals surface area (Å²) >= 11 is 12.8. The van der Waals surface area contributed by atoms with Gasteiger partial charge in [0, 0.05) is 12.1 Å². The van der Waals surface area contributed by atoms with Gasteiger partial charge in [0.1, 0.15) is 28.2 Å². The van der Waals surface area contributed by atoms with E-state index in [-0.39, 0.29) is 17.5 Å². The van der Waals surface area contributed by atoms with Gasteiger partial charge in [0.25, 0.3) is 5.91 Å². The summed E-state index contributed by atoms with van der Waals surface area (Å²) in [5.41, 5.74) is 0.937. The molecule has 0 saturated carbocycles. The Hall–Kier alpha value is -3.14. The van der Waals surface area contributed by atoms with Gasteiger partial charge in [-0.1, -0.05) is 29.8 Å². The maximum Gasteiger partial charge on any atom is 0.257 e. The van der Waals surface area contributed by atoms with Crippen LogP contribution in [0.25, 0.3) is 10.2 Å². The number of hydrogen-bond donors (Lipinski definition) is 1. The number of ether oxygens (including phenoxy) is 1. The van der Waals surface area contributed by atoms with E-state index < -0.39 is 23.1 Å². The predicted molar refractivity (Wildman–Crippen MR) is 132 cm³/mol. The molecule has 0 saturated heterocycles. The first kappa shape index (κ1) is 27.1. The minimum Gasteiger partial charge on any atom is -0.483 e. The first-order valence-electron chi connectivity index (χ1n) is 9.48. The van der Waals surface area contributed by atoms with E-state index in [2.05, 4.69) is 28.6 Å². The summed E-state index contributed by atoms with van der Waals surface area (Å²) in [4.78, 5) is 29.5. The Morgan fingerprint density at radius 2 is 2.03 bits per heavy atom. The summed E-state index contributed by atoms with van der Waals surface area (Å²) < 4.78 is 34.2. The van der Waals surface area contributed by atoms with Gasteiger partial charge < -0.3 is 10.1 Å². The van der Waals surface area contributed by atoms with E-state index in [0.29, 0.717) is 27.5 Å². The molecule has 0 aliphatic rings. The number of carbonyl (C=O) groups is 2. The van der Waals surface area contributed by atoms with Crippen molar-refractivity contribution < 1.29 is 23.1 Å². The second-order valence-corrected chi connectivity index (χ2v) is 8.49. The number of aliphatic imine (C=N–C) groups is 1. The average molecular weight is 526 g/mol. The second-order valence-electron chi connectivity index (χ2n) is 6.58. The molecule has 0 aliphatic carbocycles. The summed E-state index contributed by atoms with van der Waals surface area (Å²) in [6, 6.07) is 7.43. The average Bonchev–Trinajstić information content (AvgIpc) is 3.20. The molecule has 0 spiro atoms. The highest BCUT2D eigenvalue weighted by Crippen LogP contribution is 2.28. The first-order chi connectivity index (χ1) is 16.1. The number of nitrogens with one attached hydrogen (secondary N) is 1. The summed E-state index contributed by atoms with van der Waals surface area (Å²) in [7, 11) is 1.29. The van der Waals surface area contributed by atoms with Crippen LogP contribution in [0.4, 0.5) is 8.78 Å². The van der Waals surface area contributed by atoms with E-state index in [0.717, 1.165) is 22.3 Å². The highest BCUT2D eigenvalue weighted by molar-refractivity contribution is 7.18. The van der Waals surface area contributed by atoms with Crippen molar-refractivity contribution >= 4 is 63.7 Å². The van der Waals surface area contributed by atoms with Gasteiger partial charge in [0.15, 0.2) is 17.9 Å². The minimum atomic E-state index is -1.04.